The van der Waals surface area contributed by atoms with Gasteiger partial charge in [0.25, 0.3) is 5.56 Å². The molecule has 8 nitrogen and oxygen atoms in total. The maximum absolute atomic E-state index is 13.8. The summed E-state index contributed by atoms with van der Waals surface area (Å²) >= 11 is 0. The third-order valence-corrected chi connectivity index (χ3v) is 6.73. The van der Waals surface area contributed by atoms with E-state index in [0.29, 0.717) is 31.4 Å². The normalized spacial score (nSPS) is 18.6. The van der Waals surface area contributed by atoms with Crippen LogP contribution in [0.2, 0.25) is 0 Å². The van der Waals surface area contributed by atoms with E-state index in [2.05, 4.69) is 12.1 Å². The van der Waals surface area contributed by atoms with Crippen LogP contribution in [0.5, 0.6) is 0 Å². The summed E-state index contributed by atoms with van der Waals surface area (Å²) in [5.74, 6) is 0.485. The standard InChI is InChI=1S/C26H31N5O3/c32-26-24(23(21-7-3-1-4-8-21)19-29-11-15-33-16-12-29)27-25(22-9-5-2-6-10-22)28-31(26)20-30-13-17-34-18-14-30/h1-10,23H,11-20H2/p+2/t23-/m1/s1. The van der Waals surface area contributed by atoms with E-state index in [0.717, 1.165) is 57.1 Å². The average Bonchev–Trinajstić information content (AvgIpc) is 2.91. The summed E-state index contributed by atoms with van der Waals surface area (Å²) in [4.78, 5) is 21.5. The van der Waals surface area contributed by atoms with Crippen molar-refractivity contribution in [2.75, 3.05) is 59.2 Å². The van der Waals surface area contributed by atoms with Crippen molar-refractivity contribution in [3.05, 3.63) is 82.3 Å². The summed E-state index contributed by atoms with van der Waals surface area (Å²) in [7, 11) is 0. The van der Waals surface area contributed by atoms with E-state index in [1.165, 1.54) is 9.80 Å². The maximum atomic E-state index is 13.8. The van der Waals surface area contributed by atoms with E-state index >= 15 is 0 Å². The van der Waals surface area contributed by atoms with Gasteiger partial charge in [-0.3, -0.25) is 4.79 Å². The molecule has 1 aromatic heterocycles. The zero-order valence-corrected chi connectivity index (χ0v) is 19.5. The highest BCUT2D eigenvalue weighted by Gasteiger charge is 2.29. The Labute approximate surface area is 199 Å². The molecule has 34 heavy (non-hydrogen) atoms. The summed E-state index contributed by atoms with van der Waals surface area (Å²) in [6.45, 7) is 7.85. The van der Waals surface area contributed by atoms with Gasteiger partial charge in [0.15, 0.2) is 12.5 Å². The lowest BCUT2D eigenvalue weighted by Crippen LogP contribution is -3.14. The molecule has 178 valence electrons. The van der Waals surface area contributed by atoms with Crippen LogP contribution in [0.25, 0.3) is 11.4 Å². The molecule has 0 bridgehead atoms. The second-order valence-electron chi connectivity index (χ2n) is 9.04. The molecule has 3 aromatic rings. The highest BCUT2D eigenvalue weighted by atomic mass is 16.5. The first kappa shape index (κ1) is 22.9. The maximum Gasteiger partial charge on any atom is 0.294 e. The molecule has 2 fully saturated rings. The predicted octanol–water partition coefficient (Wildman–Crippen LogP) is -0.775. The van der Waals surface area contributed by atoms with Crippen molar-refractivity contribution in [1.82, 2.24) is 14.8 Å². The number of nitrogens with zero attached hydrogens (tertiary/aromatic N) is 3. The van der Waals surface area contributed by atoms with Crippen molar-refractivity contribution in [3.63, 3.8) is 0 Å². The molecular weight excluding hydrogens is 430 g/mol. The summed E-state index contributed by atoms with van der Waals surface area (Å²) in [5, 5.41) is 4.72. The van der Waals surface area contributed by atoms with Gasteiger partial charge in [-0.05, 0) is 5.56 Å². The van der Waals surface area contributed by atoms with Gasteiger partial charge in [0.05, 0.1) is 38.9 Å². The van der Waals surface area contributed by atoms with Crippen molar-refractivity contribution in [2.24, 2.45) is 0 Å². The SMILES string of the molecule is O=c1c([C@H](C[NH+]2CCOCC2)c2ccccc2)nc(-c2ccccc2)nn1C[NH+]1CCOCC1. The molecule has 2 saturated heterocycles. The number of hydrogen-bond acceptors (Lipinski definition) is 5. The number of hydrogen-bond donors (Lipinski definition) is 2. The first-order valence-corrected chi connectivity index (χ1v) is 12.2. The molecule has 0 radical (unpaired) electrons. The lowest BCUT2D eigenvalue weighted by molar-refractivity contribution is -0.931. The molecule has 0 aliphatic carbocycles. The third-order valence-electron chi connectivity index (χ3n) is 6.73. The van der Waals surface area contributed by atoms with Crippen molar-refractivity contribution in [2.45, 2.75) is 12.6 Å². The van der Waals surface area contributed by atoms with Gasteiger partial charge in [0.2, 0.25) is 0 Å². The van der Waals surface area contributed by atoms with Crippen LogP contribution in [0.3, 0.4) is 0 Å². The smallest absolute Gasteiger partial charge is 0.294 e. The Kier molecular flexibility index (Phi) is 7.40. The Morgan fingerprint density at radius 1 is 0.824 bits per heavy atom. The molecule has 2 N–H and O–H groups in total. The number of rotatable bonds is 7. The minimum atomic E-state index is -0.113. The molecular formula is C26H33N5O3+2. The summed E-state index contributed by atoms with van der Waals surface area (Å²) < 4.78 is 12.7. The molecule has 5 rings (SSSR count). The largest absolute Gasteiger partial charge is 0.370 e. The van der Waals surface area contributed by atoms with Gasteiger partial charge < -0.3 is 19.3 Å². The van der Waals surface area contributed by atoms with Crippen LogP contribution in [0, 0.1) is 0 Å². The van der Waals surface area contributed by atoms with Gasteiger partial charge >= 0.3 is 0 Å². The topological polar surface area (TPSA) is 75.1 Å². The first-order valence-electron chi connectivity index (χ1n) is 12.2. The molecule has 0 saturated carbocycles. The van der Waals surface area contributed by atoms with Crippen LogP contribution >= 0.6 is 0 Å². The highest BCUT2D eigenvalue weighted by molar-refractivity contribution is 5.54. The molecule has 0 spiro atoms. The van der Waals surface area contributed by atoms with Gasteiger partial charge in [0.1, 0.15) is 31.9 Å². The minimum absolute atomic E-state index is 0.0971. The Morgan fingerprint density at radius 3 is 2.06 bits per heavy atom. The number of ether oxygens (including phenoxy) is 2. The van der Waals surface area contributed by atoms with Crippen LogP contribution in [0.1, 0.15) is 17.2 Å². The molecule has 1 atom stereocenters. The molecule has 2 aromatic carbocycles. The van der Waals surface area contributed by atoms with E-state index in [9.17, 15) is 4.79 Å². The first-order chi connectivity index (χ1) is 16.8. The van der Waals surface area contributed by atoms with E-state index in [4.69, 9.17) is 19.6 Å². The Morgan fingerprint density at radius 2 is 1.41 bits per heavy atom. The van der Waals surface area contributed by atoms with E-state index in [1.807, 2.05) is 48.5 Å². The van der Waals surface area contributed by atoms with Crippen molar-refractivity contribution >= 4 is 0 Å². The Hall–Kier alpha value is -2.91. The molecule has 2 aliphatic rings. The minimum Gasteiger partial charge on any atom is -0.370 e. The molecule has 0 unspecified atom stereocenters. The number of aromatic nitrogens is 3. The summed E-state index contributed by atoms with van der Waals surface area (Å²) in [6.07, 6.45) is 0. The fourth-order valence-electron chi connectivity index (χ4n) is 4.76. The van der Waals surface area contributed by atoms with Gasteiger partial charge in [0, 0.05) is 5.56 Å². The zero-order valence-electron chi connectivity index (χ0n) is 19.5. The Bertz CT molecular complexity index is 1110. The van der Waals surface area contributed by atoms with Crippen LogP contribution in [-0.4, -0.2) is 73.9 Å². The van der Waals surface area contributed by atoms with E-state index in [1.54, 1.807) is 4.68 Å². The molecule has 3 heterocycles. The van der Waals surface area contributed by atoms with Crippen LogP contribution in [0.15, 0.2) is 65.5 Å². The second-order valence-corrected chi connectivity index (χ2v) is 9.04. The third kappa shape index (κ3) is 5.42. The monoisotopic (exact) mass is 463 g/mol. The second kappa shape index (κ2) is 11.0. The number of benzene rings is 2. The molecule has 8 heteroatoms. The van der Waals surface area contributed by atoms with Crippen molar-refractivity contribution in [1.29, 1.82) is 0 Å². The lowest BCUT2D eigenvalue weighted by Gasteiger charge is -2.28. The van der Waals surface area contributed by atoms with E-state index in [-0.39, 0.29) is 11.5 Å². The number of quaternary nitrogens is 2. The molecule has 2 aliphatic heterocycles. The number of morpholine rings is 2. The highest BCUT2D eigenvalue weighted by Crippen LogP contribution is 2.21. The van der Waals surface area contributed by atoms with Crippen molar-refractivity contribution in [3.8, 4) is 11.4 Å². The Balaban J connectivity index is 1.58. The van der Waals surface area contributed by atoms with Crippen LogP contribution in [0.4, 0.5) is 0 Å². The lowest BCUT2D eigenvalue weighted by atomic mass is 9.94. The van der Waals surface area contributed by atoms with Gasteiger partial charge in [-0.1, -0.05) is 60.7 Å². The van der Waals surface area contributed by atoms with Crippen molar-refractivity contribution < 1.29 is 19.3 Å². The van der Waals surface area contributed by atoms with Crippen LogP contribution in [-0.2, 0) is 16.1 Å². The summed E-state index contributed by atoms with van der Waals surface area (Å²) in [6, 6.07) is 20.2. The fraction of sp³-hybridized carbons (Fsp3) is 0.423. The molecule has 0 amide bonds. The zero-order chi connectivity index (χ0) is 23.2. The van der Waals surface area contributed by atoms with Gasteiger partial charge in [-0.25, -0.2) is 4.98 Å². The van der Waals surface area contributed by atoms with E-state index < -0.39 is 0 Å². The predicted molar refractivity (Wildman–Crippen MR) is 128 cm³/mol. The van der Waals surface area contributed by atoms with Gasteiger partial charge in [-0.2, -0.15) is 4.68 Å². The quantitative estimate of drug-likeness (QED) is 0.481. The number of nitrogens with one attached hydrogen (secondary N) is 2. The fourth-order valence-corrected chi connectivity index (χ4v) is 4.76. The average molecular weight is 464 g/mol. The van der Waals surface area contributed by atoms with Crippen LogP contribution < -0.4 is 15.4 Å². The van der Waals surface area contributed by atoms with Gasteiger partial charge in [-0.15, -0.1) is 5.10 Å². The summed E-state index contributed by atoms with van der Waals surface area (Å²) in [5.41, 5.74) is 2.51.